The van der Waals surface area contributed by atoms with Gasteiger partial charge in [0, 0.05) is 44.8 Å². The summed E-state index contributed by atoms with van der Waals surface area (Å²) in [5, 5.41) is 12.4. The Morgan fingerprint density at radius 2 is 2.07 bits per heavy atom. The normalized spacial score (nSPS) is 20.0. The molecule has 2 saturated heterocycles. The van der Waals surface area contributed by atoms with Gasteiger partial charge in [0.1, 0.15) is 0 Å². The van der Waals surface area contributed by atoms with Crippen molar-refractivity contribution in [2.24, 2.45) is 0 Å². The molecule has 9 nitrogen and oxygen atoms in total. The molecule has 0 bridgehead atoms. The van der Waals surface area contributed by atoms with Crippen molar-refractivity contribution in [1.82, 2.24) is 29.8 Å². The summed E-state index contributed by atoms with van der Waals surface area (Å²) in [5.74, 6) is -0.0660. The van der Waals surface area contributed by atoms with Gasteiger partial charge in [-0.25, -0.2) is 4.79 Å². The Bertz CT molecular complexity index is 1060. The first-order chi connectivity index (χ1) is 13.6. The number of hydrogen-bond acceptors (Lipinski definition) is 4. The van der Waals surface area contributed by atoms with Crippen molar-refractivity contribution >= 4 is 28.5 Å². The van der Waals surface area contributed by atoms with Crippen LogP contribution in [-0.4, -0.2) is 74.9 Å². The number of benzene rings is 1. The van der Waals surface area contributed by atoms with Crippen LogP contribution in [0.4, 0.5) is 10.5 Å². The van der Waals surface area contributed by atoms with Gasteiger partial charge in [0.15, 0.2) is 5.69 Å². The zero-order valence-corrected chi connectivity index (χ0v) is 15.6. The molecule has 2 aliphatic heterocycles. The summed E-state index contributed by atoms with van der Waals surface area (Å²) in [6.45, 7) is 2.62. The zero-order chi connectivity index (χ0) is 19.3. The third-order valence-corrected chi connectivity index (χ3v) is 5.61. The van der Waals surface area contributed by atoms with E-state index in [0.717, 1.165) is 23.0 Å². The van der Waals surface area contributed by atoms with Gasteiger partial charge in [0.2, 0.25) is 0 Å². The molecule has 28 heavy (non-hydrogen) atoms. The molecule has 2 aliphatic rings. The van der Waals surface area contributed by atoms with E-state index in [1.54, 1.807) is 23.0 Å². The minimum absolute atomic E-state index is 0.00631. The van der Waals surface area contributed by atoms with Crippen LogP contribution in [0, 0.1) is 0 Å². The van der Waals surface area contributed by atoms with Crippen LogP contribution < -0.4 is 4.90 Å². The number of amides is 3. The summed E-state index contributed by atoms with van der Waals surface area (Å²) < 4.78 is 1.87. The molecule has 1 atom stereocenters. The summed E-state index contributed by atoms with van der Waals surface area (Å²) >= 11 is 0. The highest BCUT2D eigenvalue weighted by Crippen LogP contribution is 2.27. The first-order valence-corrected chi connectivity index (χ1v) is 9.41. The number of likely N-dealkylation sites (N-methyl/N-ethyl adjacent to an activating group) is 1. The van der Waals surface area contributed by atoms with E-state index < -0.39 is 0 Å². The number of hydrogen-bond donors (Lipinski definition) is 1. The SMILES string of the molecule is CN1CCN(c2cnn(C3CCN(C(=O)c4n[nH]c5ccccc45)C3)c2)C1=O. The maximum Gasteiger partial charge on any atom is 0.324 e. The number of nitrogens with zero attached hydrogens (tertiary/aromatic N) is 6. The largest absolute Gasteiger partial charge is 0.335 e. The Morgan fingerprint density at radius 1 is 1.21 bits per heavy atom. The van der Waals surface area contributed by atoms with E-state index in [2.05, 4.69) is 15.3 Å². The van der Waals surface area contributed by atoms with Crippen molar-refractivity contribution in [3.05, 3.63) is 42.4 Å². The Morgan fingerprint density at radius 3 is 2.89 bits per heavy atom. The van der Waals surface area contributed by atoms with Gasteiger partial charge in [-0.3, -0.25) is 19.5 Å². The topological polar surface area (TPSA) is 90.4 Å². The molecule has 2 aromatic heterocycles. The average Bonchev–Trinajstić information content (AvgIpc) is 3.48. The number of H-pyrrole nitrogens is 1. The summed E-state index contributed by atoms with van der Waals surface area (Å²) in [5.41, 5.74) is 2.12. The van der Waals surface area contributed by atoms with Gasteiger partial charge in [0.05, 0.1) is 23.4 Å². The number of fused-ring (bicyclic) bond motifs is 1. The van der Waals surface area contributed by atoms with Crippen LogP contribution in [0.2, 0.25) is 0 Å². The second-order valence-corrected chi connectivity index (χ2v) is 7.35. The molecule has 3 amide bonds. The fraction of sp³-hybridized carbons (Fsp3) is 0.368. The molecule has 1 N–H and O–H groups in total. The summed E-state index contributed by atoms with van der Waals surface area (Å²) in [6, 6.07) is 7.73. The van der Waals surface area contributed by atoms with Gasteiger partial charge in [-0.1, -0.05) is 18.2 Å². The highest BCUT2D eigenvalue weighted by Gasteiger charge is 2.32. The molecule has 1 unspecified atom stereocenters. The lowest BCUT2D eigenvalue weighted by Crippen LogP contribution is -2.30. The third kappa shape index (κ3) is 2.62. The second-order valence-electron chi connectivity index (χ2n) is 7.35. The molecule has 9 heteroatoms. The highest BCUT2D eigenvalue weighted by molar-refractivity contribution is 6.04. The van der Waals surface area contributed by atoms with Gasteiger partial charge in [-0.2, -0.15) is 10.2 Å². The number of aromatic amines is 1. The minimum atomic E-state index is -0.0660. The fourth-order valence-corrected chi connectivity index (χ4v) is 3.97. The quantitative estimate of drug-likeness (QED) is 0.750. The fourth-order valence-electron chi connectivity index (χ4n) is 3.97. The van der Waals surface area contributed by atoms with Crippen LogP contribution in [0.5, 0.6) is 0 Å². The first-order valence-electron chi connectivity index (χ1n) is 9.41. The number of aromatic nitrogens is 4. The molecule has 144 valence electrons. The summed E-state index contributed by atoms with van der Waals surface area (Å²) in [6.07, 6.45) is 4.45. The minimum Gasteiger partial charge on any atom is -0.335 e. The van der Waals surface area contributed by atoms with Crippen molar-refractivity contribution in [2.75, 3.05) is 38.1 Å². The van der Waals surface area contributed by atoms with Crippen molar-refractivity contribution in [2.45, 2.75) is 12.5 Å². The number of nitrogens with one attached hydrogen (secondary N) is 1. The third-order valence-electron chi connectivity index (χ3n) is 5.61. The standard InChI is InChI=1S/C19H21N7O2/c1-23-8-9-25(19(23)28)14-10-20-26(12-14)13-6-7-24(11-13)18(27)17-15-4-2-3-5-16(15)21-22-17/h2-5,10,12-13H,6-9,11H2,1H3,(H,21,22). The number of likely N-dealkylation sites (tertiary alicyclic amines) is 1. The van der Waals surface area contributed by atoms with Gasteiger partial charge in [0.25, 0.3) is 5.91 Å². The van der Waals surface area contributed by atoms with Crippen LogP contribution in [0.1, 0.15) is 23.0 Å². The molecule has 1 aromatic carbocycles. The molecule has 0 radical (unpaired) electrons. The van der Waals surface area contributed by atoms with E-state index in [9.17, 15) is 9.59 Å². The molecule has 0 spiro atoms. The van der Waals surface area contributed by atoms with Crippen molar-refractivity contribution in [3.63, 3.8) is 0 Å². The Labute approximate surface area is 161 Å². The molecule has 0 saturated carbocycles. The van der Waals surface area contributed by atoms with E-state index >= 15 is 0 Å². The number of urea groups is 1. The molecule has 2 fully saturated rings. The number of rotatable bonds is 3. The zero-order valence-electron chi connectivity index (χ0n) is 15.6. The molecular formula is C19H21N7O2. The van der Waals surface area contributed by atoms with Crippen LogP contribution >= 0.6 is 0 Å². The lowest BCUT2D eigenvalue weighted by atomic mass is 10.2. The first kappa shape index (κ1) is 16.8. The smallest absolute Gasteiger partial charge is 0.324 e. The Kier molecular flexibility index (Phi) is 3.81. The summed E-state index contributed by atoms with van der Waals surface area (Å²) in [4.78, 5) is 30.4. The second kappa shape index (κ2) is 6.36. The van der Waals surface area contributed by atoms with Gasteiger partial charge in [-0.15, -0.1) is 0 Å². The van der Waals surface area contributed by atoms with E-state index in [0.29, 0.717) is 31.9 Å². The lowest BCUT2D eigenvalue weighted by Gasteiger charge is -2.16. The van der Waals surface area contributed by atoms with Crippen LogP contribution in [0.15, 0.2) is 36.7 Å². The van der Waals surface area contributed by atoms with E-state index in [-0.39, 0.29) is 18.0 Å². The van der Waals surface area contributed by atoms with E-state index in [4.69, 9.17) is 0 Å². The van der Waals surface area contributed by atoms with Crippen LogP contribution in [0.3, 0.4) is 0 Å². The average molecular weight is 379 g/mol. The maximum absolute atomic E-state index is 12.9. The van der Waals surface area contributed by atoms with Crippen molar-refractivity contribution in [3.8, 4) is 0 Å². The van der Waals surface area contributed by atoms with Gasteiger partial charge >= 0.3 is 6.03 Å². The number of carbonyl (C=O) groups excluding carboxylic acids is 2. The van der Waals surface area contributed by atoms with E-state index in [1.165, 1.54) is 0 Å². The van der Waals surface area contributed by atoms with Gasteiger partial charge in [-0.05, 0) is 12.5 Å². The number of carbonyl (C=O) groups is 2. The van der Waals surface area contributed by atoms with Crippen LogP contribution in [-0.2, 0) is 0 Å². The molecule has 0 aliphatic carbocycles. The van der Waals surface area contributed by atoms with Crippen molar-refractivity contribution in [1.29, 1.82) is 0 Å². The van der Waals surface area contributed by atoms with Crippen molar-refractivity contribution < 1.29 is 9.59 Å². The van der Waals surface area contributed by atoms with Crippen LogP contribution in [0.25, 0.3) is 10.9 Å². The molecule has 4 heterocycles. The lowest BCUT2D eigenvalue weighted by molar-refractivity contribution is 0.0783. The monoisotopic (exact) mass is 379 g/mol. The number of anilines is 1. The molecular weight excluding hydrogens is 358 g/mol. The number of para-hydroxylation sites is 1. The molecule has 5 rings (SSSR count). The highest BCUT2D eigenvalue weighted by atomic mass is 16.2. The molecule has 3 aromatic rings. The predicted molar refractivity (Wildman–Crippen MR) is 103 cm³/mol. The Hall–Kier alpha value is -3.36. The van der Waals surface area contributed by atoms with Gasteiger partial charge < -0.3 is 9.80 Å². The summed E-state index contributed by atoms with van der Waals surface area (Å²) in [7, 11) is 1.80. The predicted octanol–water partition coefficient (Wildman–Crippen LogP) is 1.72. The maximum atomic E-state index is 12.9. The Balaban J connectivity index is 1.31. The van der Waals surface area contributed by atoms with E-state index in [1.807, 2.05) is 40.0 Å².